The smallest absolute Gasteiger partial charge is 0.306 e. The van der Waals surface area contributed by atoms with Crippen LogP contribution in [0.5, 0.6) is 0 Å². The first-order valence-corrected chi connectivity index (χ1v) is 7.83. The van der Waals surface area contributed by atoms with Crippen LogP contribution in [-0.2, 0) is 17.9 Å². The Kier molecular flexibility index (Phi) is 4.16. The molecule has 1 amide bonds. The van der Waals surface area contributed by atoms with Gasteiger partial charge in [-0.15, -0.1) is 0 Å². The summed E-state index contributed by atoms with van der Waals surface area (Å²) in [6, 6.07) is 5.55. The van der Waals surface area contributed by atoms with Gasteiger partial charge in [-0.1, -0.05) is 12.1 Å². The third kappa shape index (κ3) is 2.86. The number of aliphatic hydroxyl groups excluding tert-OH is 1. The van der Waals surface area contributed by atoms with E-state index in [0.29, 0.717) is 37.4 Å². The molecule has 0 bridgehead atoms. The molecule has 22 heavy (non-hydrogen) atoms. The van der Waals surface area contributed by atoms with Gasteiger partial charge < -0.3 is 15.1 Å². The standard InChI is InChI=1S/C17H21NO4/c19-10-12-3-6-14-9-18(16(20)15(14)7-12)8-11-1-4-13(5-2-11)17(21)22/h3,6-7,11,13,19H,1-2,4-5,8-10H2,(H,21,22)/t11-,13-. The van der Waals surface area contributed by atoms with Gasteiger partial charge in [0, 0.05) is 18.7 Å². The van der Waals surface area contributed by atoms with Gasteiger partial charge in [0.2, 0.25) is 0 Å². The Morgan fingerprint density at radius 2 is 1.95 bits per heavy atom. The number of aliphatic carboxylic acids is 1. The predicted molar refractivity (Wildman–Crippen MR) is 80.2 cm³/mol. The molecule has 118 valence electrons. The van der Waals surface area contributed by atoms with Crippen LogP contribution in [0.15, 0.2) is 18.2 Å². The number of benzene rings is 1. The van der Waals surface area contributed by atoms with E-state index in [4.69, 9.17) is 5.11 Å². The van der Waals surface area contributed by atoms with Gasteiger partial charge >= 0.3 is 5.97 Å². The quantitative estimate of drug-likeness (QED) is 0.892. The highest BCUT2D eigenvalue weighted by Crippen LogP contribution is 2.32. The first-order valence-electron chi connectivity index (χ1n) is 7.83. The van der Waals surface area contributed by atoms with Crippen molar-refractivity contribution in [2.75, 3.05) is 6.54 Å². The van der Waals surface area contributed by atoms with E-state index in [0.717, 1.165) is 24.0 Å². The maximum Gasteiger partial charge on any atom is 0.306 e. The van der Waals surface area contributed by atoms with Crippen molar-refractivity contribution < 1.29 is 19.8 Å². The van der Waals surface area contributed by atoms with Crippen molar-refractivity contribution in [1.29, 1.82) is 0 Å². The Bertz CT molecular complexity index is 590. The van der Waals surface area contributed by atoms with E-state index in [1.165, 1.54) is 0 Å². The van der Waals surface area contributed by atoms with Crippen LogP contribution < -0.4 is 0 Å². The SMILES string of the molecule is O=C1c2cc(CO)ccc2CN1C[C@H]1CC[C@H](C(=O)O)CC1. The average molecular weight is 303 g/mol. The van der Waals surface area contributed by atoms with Crippen molar-refractivity contribution in [2.24, 2.45) is 11.8 Å². The van der Waals surface area contributed by atoms with Crippen LogP contribution in [0.2, 0.25) is 0 Å². The van der Waals surface area contributed by atoms with Crippen LogP contribution in [0.25, 0.3) is 0 Å². The van der Waals surface area contributed by atoms with Gasteiger partial charge in [0.15, 0.2) is 0 Å². The number of rotatable bonds is 4. The number of carbonyl (C=O) groups excluding carboxylic acids is 1. The molecule has 1 saturated carbocycles. The third-order valence-corrected chi connectivity index (χ3v) is 4.91. The topological polar surface area (TPSA) is 77.8 Å². The first-order chi connectivity index (χ1) is 10.6. The largest absolute Gasteiger partial charge is 0.481 e. The molecular formula is C17H21NO4. The number of aliphatic hydroxyl groups is 1. The summed E-state index contributed by atoms with van der Waals surface area (Å²) in [5.74, 6) is -0.480. The van der Waals surface area contributed by atoms with Crippen molar-refractivity contribution in [3.8, 4) is 0 Å². The zero-order valence-electron chi connectivity index (χ0n) is 12.5. The number of nitrogens with zero attached hydrogens (tertiary/aromatic N) is 1. The van der Waals surface area contributed by atoms with Crippen molar-refractivity contribution in [3.63, 3.8) is 0 Å². The first kappa shape index (κ1) is 15.0. The summed E-state index contributed by atoms with van der Waals surface area (Å²) in [6.45, 7) is 1.27. The van der Waals surface area contributed by atoms with Crippen molar-refractivity contribution in [2.45, 2.75) is 38.8 Å². The van der Waals surface area contributed by atoms with Crippen LogP contribution >= 0.6 is 0 Å². The molecule has 0 radical (unpaired) electrons. The second kappa shape index (κ2) is 6.08. The molecule has 1 aromatic carbocycles. The van der Waals surface area contributed by atoms with Crippen molar-refractivity contribution in [3.05, 3.63) is 34.9 Å². The van der Waals surface area contributed by atoms with Crippen LogP contribution in [0.3, 0.4) is 0 Å². The lowest BCUT2D eigenvalue weighted by Crippen LogP contribution is -2.32. The molecule has 0 saturated heterocycles. The van der Waals surface area contributed by atoms with Crippen LogP contribution in [-0.4, -0.2) is 33.5 Å². The zero-order valence-corrected chi connectivity index (χ0v) is 12.5. The highest BCUT2D eigenvalue weighted by Gasteiger charge is 2.32. The van der Waals surface area contributed by atoms with E-state index >= 15 is 0 Å². The molecule has 2 aliphatic rings. The molecule has 1 fully saturated rings. The number of hydrogen-bond acceptors (Lipinski definition) is 3. The van der Waals surface area contributed by atoms with Gasteiger partial charge in [-0.25, -0.2) is 0 Å². The van der Waals surface area contributed by atoms with E-state index in [-0.39, 0.29) is 18.4 Å². The van der Waals surface area contributed by atoms with Gasteiger partial charge in [0.1, 0.15) is 0 Å². The lowest BCUT2D eigenvalue weighted by Gasteiger charge is -2.29. The van der Waals surface area contributed by atoms with Crippen LogP contribution in [0.4, 0.5) is 0 Å². The minimum Gasteiger partial charge on any atom is -0.481 e. The fourth-order valence-electron chi connectivity index (χ4n) is 3.56. The second-order valence-corrected chi connectivity index (χ2v) is 6.39. The molecule has 3 rings (SSSR count). The molecule has 1 aliphatic carbocycles. The third-order valence-electron chi connectivity index (χ3n) is 4.91. The minimum atomic E-state index is -0.695. The highest BCUT2D eigenvalue weighted by atomic mass is 16.4. The average Bonchev–Trinajstić information content (AvgIpc) is 2.83. The molecule has 2 N–H and O–H groups in total. The van der Waals surface area contributed by atoms with Crippen molar-refractivity contribution in [1.82, 2.24) is 4.90 Å². The lowest BCUT2D eigenvalue weighted by molar-refractivity contribution is -0.143. The fourth-order valence-corrected chi connectivity index (χ4v) is 3.56. The summed E-state index contributed by atoms with van der Waals surface area (Å²) in [5.41, 5.74) is 2.48. The molecule has 1 aliphatic heterocycles. The molecule has 1 heterocycles. The van der Waals surface area contributed by atoms with Gasteiger partial charge in [-0.05, 0) is 48.8 Å². The maximum absolute atomic E-state index is 12.5. The van der Waals surface area contributed by atoms with Crippen LogP contribution in [0.1, 0.15) is 47.2 Å². The molecule has 0 spiro atoms. The lowest BCUT2D eigenvalue weighted by atomic mass is 9.82. The van der Waals surface area contributed by atoms with E-state index in [2.05, 4.69) is 0 Å². The molecule has 5 nitrogen and oxygen atoms in total. The Morgan fingerprint density at radius 3 is 2.59 bits per heavy atom. The van der Waals surface area contributed by atoms with Gasteiger partial charge in [0.05, 0.1) is 12.5 Å². The summed E-state index contributed by atoms with van der Waals surface area (Å²) >= 11 is 0. The van der Waals surface area contributed by atoms with E-state index in [1.54, 1.807) is 6.07 Å². The number of carbonyl (C=O) groups is 2. The maximum atomic E-state index is 12.5. The zero-order chi connectivity index (χ0) is 15.7. The highest BCUT2D eigenvalue weighted by molar-refractivity contribution is 5.98. The molecule has 0 atom stereocenters. The van der Waals surface area contributed by atoms with Gasteiger partial charge in [-0.2, -0.15) is 0 Å². The Balaban J connectivity index is 1.61. The summed E-state index contributed by atoms with van der Waals surface area (Å²) in [6.07, 6.45) is 3.17. The fraction of sp³-hybridized carbons (Fsp3) is 0.529. The van der Waals surface area contributed by atoms with E-state index in [1.807, 2.05) is 17.0 Å². The monoisotopic (exact) mass is 303 g/mol. The van der Waals surface area contributed by atoms with Crippen molar-refractivity contribution >= 4 is 11.9 Å². The van der Waals surface area contributed by atoms with E-state index in [9.17, 15) is 14.7 Å². The summed E-state index contributed by atoms with van der Waals surface area (Å²) in [4.78, 5) is 25.3. The summed E-state index contributed by atoms with van der Waals surface area (Å²) < 4.78 is 0. The molecule has 0 unspecified atom stereocenters. The van der Waals surface area contributed by atoms with Gasteiger partial charge in [0.25, 0.3) is 5.91 Å². The molecule has 1 aromatic rings. The molecule has 5 heteroatoms. The Labute approximate surface area is 129 Å². The van der Waals surface area contributed by atoms with Gasteiger partial charge in [-0.3, -0.25) is 9.59 Å². The summed E-state index contributed by atoms with van der Waals surface area (Å²) in [7, 11) is 0. The number of amides is 1. The normalized spacial score (nSPS) is 24.4. The number of fused-ring (bicyclic) bond motifs is 1. The number of hydrogen-bond donors (Lipinski definition) is 2. The Morgan fingerprint density at radius 1 is 1.23 bits per heavy atom. The number of carboxylic acid groups (broad SMARTS) is 1. The number of carboxylic acids is 1. The minimum absolute atomic E-state index is 0.0330. The van der Waals surface area contributed by atoms with E-state index < -0.39 is 5.97 Å². The Hall–Kier alpha value is -1.88. The molecular weight excluding hydrogens is 282 g/mol. The molecule has 0 aromatic heterocycles. The summed E-state index contributed by atoms with van der Waals surface area (Å²) in [5, 5.41) is 18.2. The predicted octanol–water partition coefficient (Wildman–Crippen LogP) is 2.03. The van der Waals surface area contributed by atoms with Crippen LogP contribution in [0, 0.1) is 11.8 Å². The second-order valence-electron chi connectivity index (χ2n) is 6.39.